The van der Waals surface area contributed by atoms with Gasteiger partial charge in [0.15, 0.2) is 0 Å². The SMILES string of the molecule is COC1=C(C(c2ccc(C)cc2)n2ccnc2)C=CC2OC(C)(C)C=CC12. The lowest BCUT2D eigenvalue weighted by Crippen LogP contribution is -2.39. The van der Waals surface area contributed by atoms with E-state index in [1.807, 2.05) is 18.7 Å². The van der Waals surface area contributed by atoms with Crippen LogP contribution in [0.4, 0.5) is 0 Å². The van der Waals surface area contributed by atoms with Crippen molar-refractivity contribution in [3.05, 3.63) is 89.7 Å². The summed E-state index contributed by atoms with van der Waals surface area (Å²) >= 11 is 0. The van der Waals surface area contributed by atoms with Crippen molar-refractivity contribution in [2.75, 3.05) is 7.11 Å². The molecule has 4 heteroatoms. The number of hydrogen-bond acceptors (Lipinski definition) is 3. The summed E-state index contributed by atoms with van der Waals surface area (Å²) in [4.78, 5) is 4.27. The molecule has 27 heavy (non-hydrogen) atoms. The lowest BCUT2D eigenvalue weighted by Gasteiger charge is -2.39. The molecule has 0 radical (unpaired) electrons. The number of nitrogens with zero attached hydrogens (tertiary/aromatic N) is 2. The summed E-state index contributed by atoms with van der Waals surface area (Å²) in [5.74, 6) is 1.04. The molecule has 1 aromatic heterocycles. The third-order valence-corrected chi connectivity index (χ3v) is 5.28. The maximum absolute atomic E-state index is 6.24. The fourth-order valence-electron chi connectivity index (χ4n) is 3.94. The highest BCUT2D eigenvalue weighted by Crippen LogP contribution is 2.41. The van der Waals surface area contributed by atoms with Crippen molar-refractivity contribution in [3.8, 4) is 0 Å². The Morgan fingerprint density at radius 1 is 1.19 bits per heavy atom. The van der Waals surface area contributed by atoms with Crippen molar-refractivity contribution in [2.45, 2.75) is 38.5 Å². The van der Waals surface area contributed by atoms with Crippen LogP contribution < -0.4 is 0 Å². The standard InChI is InChI=1S/C23H26N2O2/c1-16-5-7-17(8-6-16)21(25-14-13-24-15-25)19-9-10-20-18(22(19)26-4)11-12-23(2,3)27-20/h5-15,18,20-21H,1-4H3. The van der Waals surface area contributed by atoms with Gasteiger partial charge in [-0.05, 0) is 26.3 Å². The van der Waals surface area contributed by atoms with E-state index in [9.17, 15) is 0 Å². The smallest absolute Gasteiger partial charge is 0.111 e. The number of allylic oxidation sites excluding steroid dienone is 2. The number of methoxy groups -OCH3 is 1. The first-order valence-electron chi connectivity index (χ1n) is 9.36. The highest BCUT2D eigenvalue weighted by Gasteiger charge is 2.37. The Kier molecular flexibility index (Phi) is 4.52. The van der Waals surface area contributed by atoms with E-state index in [2.05, 4.69) is 78.9 Å². The van der Waals surface area contributed by atoms with Crippen LogP contribution in [0.5, 0.6) is 0 Å². The number of rotatable bonds is 4. The molecule has 0 bridgehead atoms. The van der Waals surface area contributed by atoms with Crippen LogP contribution in [0.15, 0.2) is 78.6 Å². The Balaban J connectivity index is 1.83. The summed E-state index contributed by atoms with van der Waals surface area (Å²) in [6, 6.07) is 8.65. The van der Waals surface area contributed by atoms with E-state index in [1.165, 1.54) is 11.1 Å². The Labute approximate surface area is 160 Å². The number of aromatic nitrogens is 2. The second kappa shape index (κ2) is 6.86. The lowest BCUT2D eigenvalue weighted by atomic mass is 9.83. The fraction of sp³-hybridized carbons (Fsp3) is 0.348. The van der Waals surface area contributed by atoms with E-state index in [1.54, 1.807) is 7.11 Å². The van der Waals surface area contributed by atoms with Crippen LogP contribution in [0.3, 0.4) is 0 Å². The molecule has 1 aromatic carbocycles. The minimum Gasteiger partial charge on any atom is -0.500 e. The van der Waals surface area contributed by atoms with Crippen LogP contribution >= 0.6 is 0 Å². The van der Waals surface area contributed by atoms with Gasteiger partial charge in [0.05, 0.1) is 37.1 Å². The molecule has 4 nitrogen and oxygen atoms in total. The lowest BCUT2D eigenvalue weighted by molar-refractivity contribution is -0.0493. The summed E-state index contributed by atoms with van der Waals surface area (Å²) < 4.78 is 14.3. The van der Waals surface area contributed by atoms with Crippen molar-refractivity contribution in [2.24, 2.45) is 5.92 Å². The second-order valence-electron chi connectivity index (χ2n) is 7.78. The third-order valence-electron chi connectivity index (χ3n) is 5.28. The number of imidazole rings is 1. The Morgan fingerprint density at radius 2 is 1.96 bits per heavy atom. The molecular formula is C23H26N2O2. The molecule has 0 saturated heterocycles. The molecule has 0 fully saturated rings. The zero-order valence-electron chi connectivity index (χ0n) is 16.3. The number of aryl methyl sites for hydroxylation is 1. The maximum atomic E-state index is 6.24. The molecule has 0 amide bonds. The summed E-state index contributed by atoms with van der Waals surface area (Å²) in [6.07, 6.45) is 14.3. The van der Waals surface area contributed by atoms with Gasteiger partial charge in [-0.15, -0.1) is 0 Å². The minimum atomic E-state index is -0.261. The largest absolute Gasteiger partial charge is 0.500 e. The molecular weight excluding hydrogens is 336 g/mol. The second-order valence-corrected chi connectivity index (χ2v) is 7.78. The highest BCUT2D eigenvalue weighted by atomic mass is 16.5. The van der Waals surface area contributed by atoms with Crippen LogP contribution in [0.2, 0.25) is 0 Å². The molecule has 0 N–H and O–H groups in total. The zero-order valence-corrected chi connectivity index (χ0v) is 16.3. The average molecular weight is 362 g/mol. The van der Waals surface area contributed by atoms with E-state index in [4.69, 9.17) is 9.47 Å². The van der Waals surface area contributed by atoms with Crippen molar-refractivity contribution in [1.82, 2.24) is 9.55 Å². The molecule has 2 aliphatic rings. The van der Waals surface area contributed by atoms with Crippen LogP contribution in [-0.2, 0) is 9.47 Å². The molecule has 1 aliphatic carbocycles. The van der Waals surface area contributed by atoms with Gasteiger partial charge in [0.1, 0.15) is 5.76 Å². The quantitative estimate of drug-likeness (QED) is 0.746. The molecule has 0 saturated carbocycles. The number of ether oxygens (including phenoxy) is 2. The zero-order chi connectivity index (χ0) is 19.0. The minimum absolute atomic E-state index is 0.00332. The first-order valence-corrected chi connectivity index (χ1v) is 9.36. The average Bonchev–Trinajstić information content (AvgIpc) is 3.17. The molecule has 3 atom stereocenters. The Morgan fingerprint density at radius 3 is 2.63 bits per heavy atom. The van der Waals surface area contributed by atoms with Gasteiger partial charge >= 0.3 is 0 Å². The monoisotopic (exact) mass is 362 g/mol. The van der Waals surface area contributed by atoms with E-state index < -0.39 is 0 Å². The molecule has 3 unspecified atom stereocenters. The van der Waals surface area contributed by atoms with Gasteiger partial charge in [-0.1, -0.05) is 54.1 Å². The van der Waals surface area contributed by atoms with Crippen LogP contribution in [0.25, 0.3) is 0 Å². The van der Waals surface area contributed by atoms with Gasteiger partial charge in [0, 0.05) is 18.0 Å². The summed E-state index contributed by atoms with van der Waals surface area (Å²) in [5.41, 5.74) is 3.32. The van der Waals surface area contributed by atoms with Crippen LogP contribution in [0.1, 0.15) is 31.0 Å². The van der Waals surface area contributed by atoms with Crippen molar-refractivity contribution >= 4 is 0 Å². The Bertz CT molecular complexity index is 889. The van der Waals surface area contributed by atoms with E-state index in [0.29, 0.717) is 0 Å². The number of hydrogen-bond donors (Lipinski definition) is 0. The molecule has 2 heterocycles. The van der Waals surface area contributed by atoms with E-state index in [-0.39, 0.29) is 23.7 Å². The predicted molar refractivity (Wildman–Crippen MR) is 106 cm³/mol. The van der Waals surface area contributed by atoms with E-state index in [0.717, 1.165) is 11.3 Å². The van der Waals surface area contributed by atoms with Crippen LogP contribution in [0, 0.1) is 12.8 Å². The number of benzene rings is 1. The van der Waals surface area contributed by atoms with Gasteiger partial charge in [-0.2, -0.15) is 0 Å². The highest BCUT2D eigenvalue weighted by molar-refractivity contribution is 5.43. The third kappa shape index (κ3) is 3.37. The summed E-state index contributed by atoms with van der Waals surface area (Å²) in [5, 5.41) is 0. The van der Waals surface area contributed by atoms with Gasteiger partial charge in [-0.3, -0.25) is 0 Å². The number of fused-ring (bicyclic) bond motifs is 1. The van der Waals surface area contributed by atoms with Gasteiger partial charge in [-0.25, -0.2) is 4.98 Å². The van der Waals surface area contributed by atoms with E-state index >= 15 is 0 Å². The summed E-state index contributed by atoms with van der Waals surface area (Å²) in [6.45, 7) is 6.27. The first kappa shape index (κ1) is 17.8. The predicted octanol–water partition coefficient (Wildman–Crippen LogP) is 4.60. The van der Waals surface area contributed by atoms with Crippen LogP contribution in [-0.4, -0.2) is 28.4 Å². The topological polar surface area (TPSA) is 36.3 Å². The maximum Gasteiger partial charge on any atom is 0.111 e. The molecule has 140 valence electrons. The van der Waals surface area contributed by atoms with Gasteiger partial charge < -0.3 is 14.0 Å². The fourth-order valence-corrected chi connectivity index (χ4v) is 3.94. The first-order chi connectivity index (χ1) is 13.0. The van der Waals surface area contributed by atoms with Gasteiger partial charge in [0.2, 0.25) is 0 Å². The normalized spacial score (nSPS) is 24.6. The van der Waals surface area contributed by atoms with Crippen molar-refractivity contribution in [3.63, 3.8) is 0 Å². The Hall–Kier alpha value is -2.59. The molecule has 2 aromatic rings. The van der Waals surface area contributed by atoms with Crippen molar-refractivity contribution < 1.29 is 9.47 Å². The summed E-state index contributed by atoms with van der Waals surface area (Å²) in [7, 11) is 1.75. The molecule has 1 aliphatic heterocycles. The molecule has 4 rings (SSSR count). The molecule has 0 spiro atoms. The van der Waals surface area contributed by atoms with Crippen molar-refractivity contribution in [1.29, 1.82) is 0 Å². The van der Waals surface area contributed by atoms with Gasteiger partial charge in [0.25, 0.3) is 0 Å².